The van der Waals surface area contributed by atoms with Crippen LogP contribution in [0.3, 0.4) is 0 Å². The van der Waals surface area contributed by atoms with Crippen molar-refractivity contribution in [1.82, 2.24) is 15.3 Å². The highest BCUT2D eigenvalue weighted by molar-refractivity contribution is 5.75. The number of carboxylic acids is 1. The molecule has 0 spiro atoms. The normalized spacial score (nSPS) is 12.3. The Morgan fingerprint density at radius 1 is 1.40 bits per heavy atom. The van der Waals surface area contributed by atoms with Gasteiger partial charge in [-0.15, -0.1) is 0 Å². The van der Waals surface area contributed by atoms with Crippen molar-refractivity contribution in [3.05, 3.63) is 0 Å². The Bertz CT molecular complexity index is 231. The molecule has 0 radical (unpaired) electrons. The van der Waals surface area contributed by atoms with Crippen molar-refractivity contribution in [3.63, 3.8) is 0 Å². The van der Waals surface area contributed by atoms with Crippen molar-refractivity contribution in [2.75, 3.05) is 27.7 Å². The first-order valence-electron chi connectivity index (χ1n) is 4.83. The zero-order chi connectivity index (χ0) is 12.0. The zero-order valence-electron chi connectivity index (χ0n) is 9.65. The molecule has 6 heteroatoms. The van der Waals surface area contributed by atoms with Crippen LogP contribution in [0.5, 0.6) is 0 Å². The SMILES string of the molecule is CCC(CN(C(=O)NC)N(C)C)C(=O)O. The van der Waals surface area contributed by atoms with E-state index in [2.05, 4.69) is 5.32 Å². The molecule has 0 aromatic heterocycles. The Morgan fingerprint density at radius 3 is 2.20 bits per heavy atom. The largest absolute Gasteiger partial charge is 0.481 e. The van der Waals surface area contributed by atoms with Crippen LogP contribution in [0.4, 0.5) is 4.79 Å². The predicted octanol–water partition coefficient (Wildman–Crippen LogP) is 0.215. The molecular weight excluding hydrogens is 198 g/mol. The van der Waals surface area contributed by atoms with E-state index in [1.54, 1.807) is 26.0 Å². The van der Waals surface area contributed by atoms with Gasteiger partial charge in [-0.1, -0.05) is 6.92 Å². The predicted molar refractivity (Wildman–Crippen MR) is 56.3 cm³/mol. The number of nitrogens with zero attached hydrogens (tertiary/aromatic N) is 2. The van der Waals surface area contributed by atoms with E-state index in [4.69, 9.17) is 5.11 Å². The molecule has 0 aromatic carbocycles. The van der Waals surface area contributed by atoms with E-state index in [1.165, 1.54) is 12.1 Å². The highest BCUT2D eigenvalue weighted by atomic mass is 16.4. The van der Waals surface area contributed by atoms with Crippen LogP contribution in [0.15, 0.2) is 0 Å². The van der Waals surface area contributed by atoms with E-state index in [0.717, 1.165) is 0 Å². The molecule has 1 atom stereocenters. The van der Waals surface area contributed by atoms with Gasteiger partial charge in [0.2, 0.25) is 0 Å². The third kappa shape index (κ3) is 4.16. The van der Waals surface area contributed by atoms with E-state index >= 15 is 0 Å². The van der Waals surface area contributed by atoms with Gasteiger partial charge in [0, 0.05) is 21.1 Å². The molecule has 6 nitrogen and oxygen atoms in total. The zero-order valence-corrected chi connectivity index (χ0v) is 9.65. The first-order chi connectivity index (χ1) is 6.93. The van der Waals surface area contributed by atoms with E-state index in [0.29, 0.717) is 6.42 Å². The number of hydrogen-bond donors (Lipinski definition) is 2. The average Bonchev–Trinajstić information content (AvgIpc) is 2.17. The van der Waals surface area contributed by atoms with Crippen molar-refractivity contribution in [3.8, 4) is 0 Å². The summed E-state index contributed by atoms with van der Waals surface area (Å²) in [6, 6.07) is -0.306. The van der Waals surface area contributed by atoms with Gasteiger partial charge < -0.3 is 10.4 Å². The Morgan fingerprint density at radius 2 is 1.93 bits per heavy atom. The van der Waals surface area contributed by atoms with Crippen molar-refractivity contribution in [1.29, 1.82) is 0 Å². The van der Waals surface area contributed by atoms with Gasteiger partial charge in [0.15, 0.2) is 0 Å². The number of rotatable bonds is 5. The van der Waals surface area contributed by atoms with Gasteiger partial charge in [-0.2, -0.15) is 0 Å². The molecule has 0 aromatic rings. The van der Waals surface area contributed by atoms with Crippen LogP contribution in [-0.4, -0.2) is 54.8 Å². The lowest BCUT2D eigenvalue weighted by Crippen LogP contribution is -2.49. The Balaban J connectivity index is 4.52. The standard InChI is InChI=1S/C9H19N3O3/c1-5-7(8(13)14)6-12(11(3)4)9(15)10-2/h7H,5-6H2,1-4H3,(H,10,15)(H,13,14). The van der Waals surface area contributed by atoms with Crippen LogP contribution in [0.1, 0.15) is 13.3 Å². The summed E-state index contributed by atoms with van der Waals surface area (Å²) >= 11 is 0. The summed E-state index contributed by atoms with van der Waals surface area (Å²) in [5.74, 6) is -1.42. The number of urea groups is 1. The second-order valence-corrected chi connectivity index (χ2v) is 3.43. The highest BCUT2D eigenvalue weighted by Crippen LogP contribution is 2.07. The fraction of sp³-hybridized carbons (Fsp3) is 0.778. The summed E-state index contributed by atoms with van der Waals surface area (Å²) in [6.45, 7) is 1.97. The Kier molecular flexibility index (Phi) is 5.69. The van der Waals surface area contributed by atoms with Gasteiger partial charge >= 0.3 is 12.0 Å². The molecule has 0 fully saturated rings. The summed E-state index contributed by atoms with van der Waals surface area (Å²) < 4.78 is 0. The van der Waals surface area contributed by atoms with Gasteiger partial charge in [-0.3, -0.25) is 9.80 Å². The molecule has 15 heavy (non-hydrogen) atoms. The van der Waals surface area contributed by atoms with Crippen LogP contribution >= 0.6 is 0 Å². The van der Waals surface area contributed by atoms with Crippen molar-refractivity contribution in [2.24, 2.45) is 5.92 Å². The number of hydrogen-bond acceptors (Lipinski definition) is 3. The average molecular weight is 217 g/mol. The summed E-state index contributed by atoms with van der Waals surface area (Å²) in [6.07, 6.45) is 0.497. The van der Waals surface area contributed by atoms with Crippen molar-refractivity contribution in [2.45, 2.75) is 13.3 Å². The summed E-state index contributed by atoms with van der Waals surface area (Å²) in [7, 11) is 4.91. The molecule has 0 aliphatic rings. The first-order valence-corrected chi connectivity index (χ1v) is 4.83. The minimum absolute atomic E-state index is 0.179. The second kappa shape index (κ2) is 6.23. The van der Waals surface area contributed by atoms with Crippen molar-refractivity contribution < 1.29 is 14.7 Å². The number of amides is 2. The van der Waals surface area contributed by atoms with Gasteiger partial charge in [0.05, 0.1) is 12.5 Å². The van der Waals surface area contributed by atoms with E-state index in [1.807, 2.05) is 0 Å². The fourth-order valence-electron chi connectivity index (χ4n) is 1.15. The molecule has 0 saturated carbocycles. The molecule has 0 saturated heterocycles. The van der Waals surface area contributed by atoms with Gasteiger partial charge in [0.1, 0.15) is 0 Å². The molecule has 0 rings (SSSR count). The van der Waals surface area contributed by atoms with Crippen LogP contribution < -0.4 is 5.32 Å². The van der Waals surface area contributed by atoms with Crippen LogP contribution in [0.25, 0.3) is 0 Å². The minimum Gasteiger partial charge on any atom is -0.481 e. The molecule has 2 amide bonds. The molecule has 0 heterocycles. The quantitative estimate of drug-likeness (QED) is 0.646. The van der Waals surface area contributed by atoms with Gasteiger partial charge in [-0.25, -0.2) is 9.80 Å². The number of hydrazine groups is 1. The van der Waals surface area contributed by atoms with Crippen LogP contribution in [0.2, 0.25) is 0 Å². The van der Waals surface area contributed by atoms with Crippen LogP contribution in [0, 0.1) is 5.92 Å². The molecule has 0 aliphatic heterocycles. The Labute approximate surface area is 89.8 Å². The molecule has 0 bridgehead atoms. The highest BCUT2D eigenvalue weighted by Gasteiger charge is 2.23. The molecule has 2 N–H and O–H groups in total. The first kappa shape index (κ1) is 13.7. The van der Waals surface area contributed by atoms with Crippen molar-refractivity contribution >= 4 is 12.0 Å². The molecule has 0 aliphatic carbocycles. The van der Waals surface area contributed by atoms with Crippen LogP contribution in [-0.2, 0) is 4.79 Å². The van der Waals surface area contributed by atoms with Gasteiger partial charge in [-0.05, 0) is 6.42 Å². The molecular formula is C9H19N3O3. The lowest BCUT2D eigenvalue weighted by Gasteiger charge is -2.30. The lowest BCUT2D eigenvalue weighted by atomic mass is 10.1. The third-order valence-corrected chi connectivity index (χ3v) is 2.17. The van der Waals surface area contributed by atoms with Gasteiger partial charge in [0.25, 0.3) is 0 Å². The monoisotopic (exact) mass is 217 g/mol. The fourth-order valence-corrected chi connectivity index (χ4v) is 1.15. The van der Waals surface area contributed by atoms with E-state index < -0.39 is 11.9 Å². The number of carbonyl (C=O) groups excluding carboxylic acids is 1. The maximum absolute atomic E-state index is 11.4. The summed E-state index contributed by atoms with van der Waals surface area (Å²) in [5, 5.41) is 14.3. The smallest absolute Gasteiger partial charge is 0.331 e. The number of nitrogens with one attached hydrogen (secondary N) is 1. The number of aliphatic carboxylic acids is 1. The summed E-state index contributed by atoms with van der Waals surface area (Å²) in [5.41, 5.74) is 0. The maximum atomic E-state index is 11.4. The summed E-state index contributed by atoms with van der Waals surface area (Å²) in [4.78, 5) is 22.2. The maximum Gasteiger partial charge on any atom is 0.331 e. The third-order valence-electron chi connectivity index (χ3n) is 2.17. The molecule has 1 unspecified atom stereocenters. The second-order valence-electron chi connectivity index (χ2n) is 3.43. The minimum atomic E-state index is -0.881. The van der Waals surface area contributed by atoms with E-state index in [-0.39, 0.29) is 12.6 Å². The number of carboxylic acid groups (broad SMARTS) is 1. The molecule has 88 valence electrons. The van der Waals surface area contributed by atoms with E-state index in [9.17, 15) is 9.59 Å². The number of carbonyl (C=O) groups is 2. The Hall–Kier alpha value is -1.30. The topological polar surface area (TPSA) is 72.9 Å². The lowest BCUT2D eigenvalue weighted by molar-refractivity contribution is -0.143.